The van der Waals surface area contributed by atoms with Gasteiger partial charge in [0.05, 0.1) is 0 Å². The van der Waals surface area contributed by atoms with Crippen LogP contribution in [0.15, 0.2) is 24.3 Å². The summed E-state index contributed by atoms with van der Waals surface area (Å²) in [6.07, 6.45) is 5.36. The van der Waals surface area contributed by atoms with Gasteiger partial charge in [0.1, 0.15) is 5.82 Å². The highest BCUT2D eigenvalue weighted by Gasteiger charge is 2.27. The molecule has 4 N–H and O–H groups in total. The van der Waals surface area contributed by atoms with Crippen molar-refractivity contribution in [3.05, 3.63) is 30.1 Å². The van der Waals surface area contributed by atoms with Crippen molar-refractivity contribution in [3.63, 3.8) is 0 Å². The van der Waals surface area contributed by atoms with Crippen molar-refractivity contribution >= 4 is 11.7 Å². The van der Waals surface area contributed by atoms with Crippen molar-refractivity contribution in [2.24, 2.45) is 5.73 Å². The summed E-state index contributed by atoms with van der Waals surface area (Å²) in [6, 6.07) is 5.35. The fraction of sp³-hybridized carbons (Fsp3) is 0.500. The lowest BCUT2D eigenvalue weighted by molar-refractivity contribution is 0.241. The summed E-state index contributed by atoms with van der Waals surface area (Å²) < 4.78 is 12.7. The number of nitrogens with one attached hydrogen (secondary N) is 2. The molecule has 1 fully saturated rings. The number of anilines is 1. The van der Waals surface area contributed by atoms with Gasteiger partial charge in [0.15, 0.2) is 0 Å². The molecule has 2 rings (SSSR count). The molecule has 1 aliphatic carbocycles. The first-order chi connectivity index (χ1) is 9.07. The molecule has 19 heavy (non-hydrogen) atoms. The molecule has 0 spiro atoms. The van der Waals surface area contributed by atoms with Gasteiger partial charge in [-0.25, -0.2) is 9.18 Å². The van der Waals surface area contributed by atoms with E-state index < -0.39 is 0 Å². The van der Waals surface area contributed by atoms with E-state index in [0.717, 1.165) is 25.7 Å². The maximum absolute atomic E-state index is 12.7. The molecule has 0 aromatic heterocycles. The summed E-state index contributed by atoms with van der Waals surface area (Å²) in [5.74, 6) is -0.325. The maximum Gasteiger partial charge on any atom is 0.319 e. The molecule has 104 valence electrons. The van der Waals surface area contributed by atoms with Crippen LogP contribution in [-0.2, 0) is 0 Å². The molecule has 5 heteroatoms. The summed E-state index contributed by atoms with van der Waals surface area (Å²) in [4.78, 5) is 11.7. The van der Waals surface area contributed by atoms with Gasteiger partial charge in [-0.1, -0.05) is 19.3 Å². The number of halogens is 1. The van der Waals surface area contributed by atoms with Crippen molar-refractivity contribution in [3.8, 4) is 0 Å². The van der Waals surface area contributed by atoms with Gasteiger partial charge in [-0.05, 0) is 37.1 Å². The zero-order chi connectivity index (χ0) is 13.7. The van der Waals surface area contributed by atoms with Crippen LogP contribution in [0.25, 0.3) is 0 Å². The maximum atomic E-state index is 12.7. The highest BCUT2D eigenvalue weighted by Crippen LogP contribution is 2.25. The van der Waals surface area contributed by atoms with Crippen molar-refractivity contribution in [1.29, 1.82) is 0 Å². The highest BCUT2D eigenvalue weighted by atomic mass is 19.1. The van der Waals surface area contributed by atoms with E-state index in [0.29, 0.717) is 12.2 Å². The van der Waals surface area contributed by atoms with Gasteiger partial charge in [-0.3, -0.25) is 0 Å². The number of nitrogens with two attached hydrogens (primary N) is 1. The Morgan fingerprint density at radius 1 is 1.21 bits per heavy atom. The summed E-state index contributed by atoms with van der Waals surface area (Å²) in [6.45, 7) is 0.472. The van der Waals surface area contributed by atoms with Crippen molar-refractivity contribution in [1.82, 2.24) is 5.32 Å². The number of carbonyl (C=O) groups excluding carboxylic acids is 1. The van der Waals surface area contributed by atoms with Crippen LogP contribution in [0.3, 0.4) is 0 Å². The lowest BCUT2D eigenvalue weighted by Crippen LogP contribution is -2.52. The van der Waals surface area contributed by atoms with E-state index in [1.54, 1.807) is 0 Å². The Labute approximate surface area is 112 Å². The van der Waals surface area contributed by atoms with Crippen LogP contribution in [0.1, 0.15) is 32.1 Å². The van der Waals surface area contributed by atoms with Crippen molar-refractivity contribution in [2.75, 3.05) is 11.9 Å². The average Bonchev–Trinajstić information content (AvgIpc) is 2.40. The van der Waals surface area contributed by atoms with Crippen molar-refractivity contribution in [2.45, 2.75) is 37.6 Å². The predicted octanol–water partition coefficient (Wildman–Crippen LogP) is 2.61. The molecule has 0 bridgehead atoms. The molecule has 1 aromatic carbocycles. The molecule has 0 saturated heterocycles. The van der Waals surface area contributed by atoms with Gasteiger partial charge in [0.25, 0.3) is 0 Å². The molecular weight excluding hydrogens is 245 g/mol. The summed E-state index contributed by atoms with van der Waals surface area (Å²) >= 11 is 0. The summed E-state index contributed by atoms with van der Waals surface area (Å²) in [5.41, 5.74) is 6.51. The van der Waals surface area contributed by atoms with E-state index in [-0.39, 0.29) is 17.4 Å². The Morgan fingerprint density at radius 3 is 2.47 bits per heavy atom. The second kappa shape index (κ2) is 6.02. The largest absolute Gasteiger partial charge is 0.336 e. The molecule has 0 unspecified atom stereocenters. The van der Waals surface area contributed by atoms with E-state index in [9.17, 15) is 9.18 Å². The molecule has 0 aliphatic heterocycles. The minimum Gasteiger partial charge on any atom is -0.336 e. The van der Waals surface area contributed by atoms with Crippen LogP contribution in [-0.4, -0.2) is 18.1 Å². The standard InChI is InChI=1S/C14H20FN3O/c15-11-4-6-12(7-5-11)18-13(19)17-10-14(16)8-2-1-3-9-14/h4-7H,1-3,8-10,16H2,(H2,17,18,19). The third-order valence-electron chi connectivity index (χ3n) is 3.55. The quantitative estimate of drug-likeness (QED) is 0.786. The zero-order valence-corrected chi connectivity index (χ0v) is 10.9. The number of rotatable bonds is 3. The van der Waals surface area contributed by atoms with Crippen LogP contribution in [0.4, 0.5) is 14.9 Å². The molecule has 0 atom stereocenters. The molecule has 1 saturated carbocycles. The van der Waals surface area contributed by atoms with Crippen LogP contribution >= 0.6 is 0 Å². The minimum absolute atomic E-state index is 0.279. The fourth-order valence-corrected chi connectivity index (χ4v) is 2.40. The van der Waals surface area contributed by atoms with Crippen LogP contribution in [0.5, 0.6) is 0 Å². The Balaban J connectivity index is 1.79. The number of amides is 2. The number of benzene rings is 1. The SMILES string of the molecule is NC1(CNC(=O)Nc2ccc(F)cc2)CCCCC1. The Kier molecular flexibility index (Phi) is 4.37. The van der Waals surface area contributed by atoms with Gasteiger partial charge in [-0.15, -0.1) is 0 Å². The molecular formula is C14H20FN3O. The van der Waals surface area contributed by atoms with Crippen molar-refractivity contribution < 1.29 is 9.18 Å². The Morgan fingerprint density at radius 2 is 1.84 bits per heavy atom. The number of urea groups is 1. The number of hydrogen-bond donors (Lipinski definition) is 3. The normalized spacial score (nSPS) is 17.8. The first kappa shape index (κ1) is 13.8. The van der Waals surface area contributed by atoms with Crippen LogP contribution in [0.2, 0.25) is 0 Å². The lowest BCUT2D eigenvalue weighted by Gasteiger charge is -2.33. The monoisotopic (exact) mass is 265 g/mol. The third kappa shape index (κ3) is 4.21. The molecule has 2 amide bonds. The Hall–Kier alpha value is -1.62. The van der Waals surface area contributed by atoms with E-state index in [1.807, 2.05) is 0 Å². The molecule has 1 aliphatic rings. The summed E-state index contributed by atoms with van der Waals surface area (Å²) in [5, 5.41) is 5.44. The van der Waals surface area contributed by atoms with Crippen LogP contribution < -0.4 is 16.4 Å². The molecule has 1 aromatic rings. The highest BCUT2D eigenvalue weighted by molar-refractivity contribution is 5.89. The van der Waals surface area contributed by atoms with Crippen LogP contribution in [0, 0.1) is 5.82 Å². The molecule has 0 heterocycles. The van der Waals surface area contributed by atoms with Gasteiger partial charge in [0, 0.05) is 17.8 Å². The second-order valence-electron chi connectivity index (χ2n) is 5.24. The van der Waals surface area contributed by atoms with Gasteiger partial charge < -0.3 is 16.4 Å². The van der Waals surface area contributed by atoms with E-state index in [1.165, 1.54) is 30.7 Å². The average molecular weight is 265 g/mol. The smallest absolute Gasteiger partial charge is 0.319 e. The van der Waals surface area contributed by atoms with E-state index in [4.69, 9.17) is 5.73 Å². The zero-order valence-electron chi connectivity index (χ0n) is 10.9. The summed E-state index contributed by atoms with van der Waals surface area (Å²) in [7, 11) is 0. The predicted molar refractivity (Wildman–Crippen MR) is 73.4 cm³/mol. The first-order valence-electron chi connectivity index (χ1n) is 6.67. The number of carbonyl (C=O) groups is 1. The van der Waals surface area contributed by atoms with Gasteiger partial charge in [-0.2, -0.15) is 0 Å². The van der Waals surface area contributed by atoms with Gasteiger partial charge in [0.2, 0.25) is 0 Å². The Bertz CT molecular complexity index is 427. The first-order valence-corrected chi connectivity index (χ1v) is 6.67. The van der Waals surface area contributed by atoms with E-state index in [2.05, 4.69) is 10.6 Å². The number of hydrogen-bond acceptors (Lipinski definition) is 2. The fourth-order valence-electron chi connectivity index (χ4n) is 2.40. The second-order valence-corrected chi connectivity index (χ2v) is 5.24. The topological polar surface area (TPSA) is 67.1 Å². The van der Waals surface area contributed by atoms with Gasteiger partial charge >= 0.3 is 6.03 Å². The third-order valence-corrected chi connectivity index (χ3v) is 3.55. The van der Waals surface area contributed by atoms with E-state index >= 15 is 0 Å². The minimum atomic E-state index is -0.325. The molecule has 4 nitrogen and oxygen atoms in total. The lowest BCUT2D eigenvalue weighted by atomic mass is 9.82. The molecule has 0 radical (unpaired) electrons.